The lowest BCUT2D eigenvalue weighted by atomic mass is 9.99. The van der Waals surface area contributed by atoms with Gasteiger partial charge in [-0.2, -0.15) is 0 Å². The van der Waals surface area contributed by atoms with E-state index in [1.807, 2.05) is 11.3 Å². The first kappa shape index (κ1) is 12.6. The standard InChI is InChI=1S/C13H20BrNS/c1-9(11-5-3-4-6-11)15-10(2)13-7-12(14)8-16-13/h7-11,15H,3-6H2,1-2H3/t9-,10?/m1/s1. The molecule has 1 aliphatic rings. The lowest BCUT2D eigenvalue weighted by molar-refractivity contribution is 0.354. The van der Waals surface area contributed by atoms with Gasteiger partial charge in [-0.3, -0.25) is 0 Å². The Balaban J connectivity index is 1.88. The third kappa shape index (κ3) is 3.08. The average Bonchev–Trinajstić information content (AvgIpc) is 2.87. The first-order valence-electron chi connectivity index (χ1n) is 6.17. The fraction of sp³-hybridized carbons (Fsp3) is 0.692. The van der Waals surface area contributed by atoms with Crippen molar-refractivity contribution in [3.8, 4) is 0 Å². The highest BCUT2D eigenvalue weighted by Gasteiger charge is 2.23. The van der Waals surface area contributed by atoms with Gasteiger partial charge in [0, 0.05) is 26.8 Å². The molecule has 0 aliphatic heterocycles. The lowest BCUT2D eigenvalue weighted by Crippen LogP contribution is -2.33. The minimum absolute atomic E-state index is 0.479. The molecule has 0 saturated heterocycles. The summed E-state index contributed by atoms with van der Waals surface area (Å²) in [6.07, 6.45) is 5.68. The van der Waals surface area contributed by atoms with Gasteiger partial charge in [0.25, 0.3) is 0 Å². The van der Waals surface area contributed by atoms with Gasteiger partial charge in [-0.15, -0.1) is 11.3 Å². The number of nitrogens with one attached hydrogen (secondary N) is 1. The molecular formula is C13H20BrNS. The number of hydrogen-bond acceptors (Lipinski definition) is 2. The number of thiophene rings is 1. The molecule has 1 heterocycles. The topological polar surface area (TPSA) is 12.0 Å². The van der Waals surface area contributed by atoms with Crippen molar-refractivity contribution in [2.45, 2.75) is 51.6 Å². The van der Waals surface area contributed by atoms with Crippen LogP contribution in [0.25, 0.3) is 0 Å². The van der Waals surface area contributed by atoms with Crippen molar-refractivity contribution >= 4 is 27.3 Å². The maximum atomic E-state index is 3.74. The van der Waals surface area contributed by atoms with Gasteiger partial charge in [0.1, 0.15) is 0 Å². The molecule has 2 atom stereocenters. The maximum absolute atomic E-state index is 3.74. The van der Waals surface area contributed by atoms with E-state index in [4.69, 9.17) is 0 Å². The summed E-state index contributed by atoms with van der Waals surface area (Å²) in [6, 6.07) is 3.36. The zero-order chi connectivity index (χ0) is 11.5. The molecule has 0 bridgehead atoms. The van der Waals surface area contributed by atoms with Crippen molar-refractivity contribution in [2.24, 2.45) is 5.92 Å². The van der Waals surface area contributed by atoms with Crippen molar-refractivity contribution in [1.82, 2.24) is 5.32 Å². The third-order valence-corrected chi connectivity index (χ3v) is 5.51. The second-order valence-electron chi connectivity index (χ2n) is 4.89. The van der Waals surface area contributed by atoms with Gasteiger partial charge in [0.2, 0.25) is 0 Å². The molecule has 1 aromatic heterocycles. The molecule has 0 aromatic carbocycles. The van der Waals surface area contributed by atoms with E-state index < -0.39 is 0 Å². The SMILES string of the molecule is CC(N[C@H](C)C1CCCC1)c1cc(Br)cs1. The van der Waals surface area contributed by atoms with Crippen LogP contribution in [0.15, 0.2) is 15.9 Å². The summed E-state index contributed by atoms with van der Waals surface area (Å²) < 4.78 is 1.20. The number of halogens is 1. The number of hydrogen-bond donors (Lipinski definition) is 1. The van der Waals surface area contributed by atoms with Crippen LogP contribution in [0.2, 0.25) is 0 Å². The van der Waals surface area contributed by atoms with Crippen LogP contribution in [0.3, 0.4) is 0 Å². The van der Waals surface area contributed by atoms with Gasteiger partial charge in [-0.25, -0.2) is 0 Å². The molecule has 16 heavy (non-hydrogen) atoms. The van der Waals surface area contributed by atoms with Crippen LogP contribution in [0, 0.1) is 5.92 Å². The quantitative estimate of drug-likeness (QED) is 0.847. The smallest absolute Gasteiger partial charge is 0.0388 e. The van der Waals surface area contributed by atoms with Crippen LogP contribution in [-0.4, -0.2) is 6.04 Å². The summed E-state index contributed by atoms with van der Waals surface area (Å²) in [7, 11) is 0. The zero-order valence-electron chi connectivity index (χ0n) is 10.0. The monoisotopic (exact) mass is 301 g/mol. The molecule has 1 aromatic rings. The lowest BCUT2D eigenvalue weighted by Gasteiger charge is -2.24. The van der Waals surface area contributed by atoms with Crippen molar-refractivity contribution in [1.29, 1.82) is 0 Å². The van der Waals surface area contributed by atoms with E-state index in [0.29, 0.717) is 12.1 Å². The predicted molar refractivity (Wildman–Crippen MR) is 75.0 cm³/mol. The Kier molecular flexibility index (Phi) is 4.45. The van der Waals surface area contributed by atoms with Crippen LogP contribution in [0.1, 0.15) is 50.4 Å². The fourth-order valence-electron chi connectivity index (χ4n) is 2.63. The van der Waals surface area contributed by atoms with E-state index in [1.165, 1.54) is 35.0 Å². The van der Waals surface area contributed by atoms with E-state index in [0.717, 1.165) is 5.92 Å². The van der Waals surface area contributed by atoms with Crippen molar-refractivity contribution in [2.75, 3.05) is 0 Å². The third-order valence-electron chi connectivity index (χ3n) is 3.63. The van der Waals surface area contributed by atoms with E-state index in [9.17, 15) is 0 Å². The molecule has 90 valence electrons. The predicted octanol–water partition coefficient (Wildman–Crippen LogP) is 4.74. The van der Waals surface area contributed by atoms with E-state index in [2.05, 4.69) is 46.5 Å². The van der Waals surface area contributed by atoms with Gasteiger partial charge < -0.3 is 5.32 Å². The minimum Gasteiger partial charge on any atom is -0.307 e. The maximum Gasteiger partial charge on any atom is 0.0388 e. The van der Waals surface area contributed by atoms with Crippen molar-refractivity contribution in [3.05, 3.63) is 20.8 Å². The van der Waals surface area contributed by atoms with Crippen molar-refractivity contribution < 1.29 is 0 Å². The summed E-state index contributed by atoms with van der Waals surface area (Å²) >= 11 is 5.35. The second-order valence-corrected chi connectivity index (χ2v) is 6.75. The Morgan fingerprint density at radius 3 is 2.62 bits per heavy atom. The first-order valence-corrected chi connectivity index (χ1v) is 7.84. The van der Waals surface area contributed by atoms with Crippen LogP contribution in [0.4, 0.5) is 0 Å². The summed E-state index contributed by atoms with van der Waals surface area (Å²) in [4.78, 5) is 1.43. The van der Waals surface area contributed by atoms with Crippen LogP contribution >= 0.6 is 27.3 Å². The Morgan fingerprint density at radius 2 is 2.06 bits per heavy atom. The summed E-state index contributed by atoms with van der Waals surface area (Å²) in [5.41, 5.74) is 0. The van der Waals surface area contributed by atoms with Crippen molar-refractivity contribution in [3.63, 3.8) is 0 Å². The van der Waals surface area contributed by atoms with Gasteiger partial charge in [-0.05, 0) is 54.6 Å². The summed E-state index contributed by atoms with van der Waals surface area (Å²) in [5, 5.41) is 5.90. The van der Waals surface area contributed by atoms with Crippen LogP contribution in [0.5, 0.6) is 0 Å². The Morgan fingerprint density at radius 1 is 1.38 bits per heavy atom. The second kappa shape index (κ2) is 5.65. The molecule has 1 saturated carbocycles. The molecule has 0 spiro atoms. The largest absolute Gasteiger partial charge is 0.307 e. The van der Waals surface area contributed by atoms with Gasteiger partial charge in [0.05, 0.1) is 0 Å². The first-order chi connectivity index (χ1) is 7.66. The minimum atomic E-state index is 0.479. The highest BCUT2D eigenvalue weighted by molar-refractivity contribution is 9.10. The van der Waals surface area contributed by atoms with Crippen LogP contribution < -0.4 is 5.32 Å². The van der Waals surface area contributed by atoms with Gasteiger partial charge in [0.15, 0.2) is 0 Å². The Bertz CT molecular complexity index is 330. The normalized spacial score (nSPS) is 21.2. The van der Waals surface area contributed by atoms with Crippen LogP contribution in [-0.2, 0) is 0 Å². The molecule has 0 amide bonds. The molecule has 1 fully saturated rings. The Labute approximate surface area is 111 Å². The molecule has 1 unspecified atom stereocenters. The van der Waals surface area contributed by atoms with E-state index in [-0.39, 0.29) is 0 Å². The summed E-state index contributed by atoms with van der Waals surface area (Å²) in [5.74, 6) is 0.894. The van der Waals surface area contributed by atoms with E-state index in [1.54, 1.807) is 0 Å². The average molecular weight is 302 g/mol. The van der Waals surface area contributed by atoms with Gasteiger partial charge in [-0.1, -0.05) is 12.8 Å². The summed E-state index contributed by atoms with van der Waals surface area (Å²) in [6.45, 7) is 4.61. The molecule has 0 radical (unpaired) electrons. The Hall–Kier alpha value is 0.140. The molecule has 2 rings (SSSR count). The van der Waals surface area contributed by atoms with Gasteiger partial charge >= 0.3 is 0 Å². The fourth-order valence-corrected chi connectivity index (χ4v) is 4.09. The number of rotatable bonds is 4. The molecular weight excluding hydrogens is 282 g/mol. The molecule has 1 N–H and O–H groups in total. The van der Waals surface area contributed by atoms with E-state index >= 15 is 0 Å². The molecule has 3 heteroatoms. The zero-order valence-corrected chi connectivity index (χ0v) is 12.4. The highest BCUT2D eigenvalue weighted by atomic mass is 79.9. The highest BCUT2D eigenvalue weighted by Crippen LogP contribution is 2.30. The molecule has 1 aliphatic carbocycles. The molecule has 1 nitrogen and oxygen atoms in total.